The Hall–Kier alpha value is -0.250. The minimum atomic E-state index is -0.237. The molecule has 0 saturated heterocycles. The fourth-order valence-corrected chi connectivity index (χ4v) is 2.32. The second-order valence-electron chi connectivity index (χ2n) is 3.17. The first-order valence-electron chi connectivity index (χ1n) is 4.89. The molecule has 1 nitrogen and oxygen atoms in total. The molecule has 1 atom stereocenters. The highest BCUT2D eigenvalue weighted by Gasteiger charge is 2.13. The summed E-state index contributed by atoms with van der Waals surface area (Å²) in [6.45, 7) is 2.09. The lowest BCUT2D eigenvalue weighted by molar-refractivity contribution is 0.566. The van der Waals surface area contributed by atoms with Crippen LogP contribution in [0.2, 0.25) is 5.02 Å². The van der Waals surface area contributed by atoms with Crippen LogP contribution in [0.4, 0.5) is 4.39 Å². The molecule has 1 rings (SSSR count). The van der Waals surface area contributed by atoms with Crippen molar-refractivity contribution in [1.29, 1.82) is 0 Å². The van der Waals surface area contributed by atoms with Gasteiger partial charge in [0.1, 0.15) is 5.82 Å². The van der Waals surface area contributed by atoms with E-state index in [0.717, 1.165) is 11.5 Å². The molecule has 1 aromatic rings. The Morgan fingerprint density at radius 3 is 2.80 bits per heavy atom. The van der Waals surface area contributed by atoms with Gasteiger partial charge in [0.05, 0.1) is 0 Å². The van der Waals surface area contributed by atoms with Crippen molar-refractivity contribution in [3.63, 3.8) is 0 Å². The molecule has 15 heavy (non-hydrogen) atoms. The van der Waals surface area contributed by atoms with E-state index in [9.17, 15) is 4.39 Å². The first-order valence-corrected chi connectivity index (χ1v) is 6.42. The first kappa shape index (κ1) is 12.8. The Bertz CT molecular complexity index is 319. The van der Waals surface area contributed by atoms with E-state index < -0.39 is 0 Å². The standard InChI is InChI=1S/C11H15ClFNS/c1-3-15-7-11(14-2)9-5-4-8(12)6-10(9)13/h4-6,11,14H,3,7H2,1-2H3. The molecule has 0 fully saturated rings. The molecule has 1 aromatic carbocycles. The largest absolute Gasteiger partial charge is 0.312 e. The van der Waals surface area contributed by atoms with E-state index in [-0.39, 0.29) is 11.9 Å². The fraction of sp³-hybridized carbons (Fsp3) is 0.455. The van der Waals surface area contributed by atoms with Gasteiger partial charge in [-0.1, -0.05) is 24.6 Å². The van der Waals surface area contributed by atoms with Crippen LogP contribution in [-0.2, 0) is 0 Å². The van der Waals surface area contributed by atoms with Gasteiger partial charge < -0.3 is 5.32 Å². The van der Waals surface area contributed by atoms with E-state index >= 15 is 0 Å². The molecule has 0 aliphatic rings. The zero-order chi connectivity index (χ0) is 11.3. The number of hydrogen-bond acceptors (Lipinski definition) is 2. The first-order chi connectivity index (χ1) is 7.19. The Morgan fingerprint density at radius 1 is 1.53 bits per heavy atom. The van der Waals surface area contributed by atoms with E-state index in [0.29, 0.717) is 10.6 Å². The van der Waals surface area contributed by atoms with Crippen molar-refractivity contribution < 1.29 is 4.39 Å². The van der Waals surface area contributed by atoms with Crippen molar-refractivity contribution in [1.82, 2.24) is 5.32 Å². The summed E-state index contributed by atoms with van der Waals surface area (Å²) in [4.78, 5) is 0. The Kier molecular flexibility index (Phi) is 5.43. The maximum atomic E-state index is 13.6. The summed E-state index contributed by atoms with van der Waals surface area (Å²) in [7, 11) is 1.84. The van der Waals surface area contributed by atoms with Gasteiger partial charge in [0.2, 0.25) is 0 Å². The lowest BCUT2D eigenvalue weighted by Crippen LogP contribution is -2.20. The average Bonchev–Trinajstić information content (AvgIpc) is 2.21. The smallest absolute Gasteiger partial charge is 0.129 e. The van der Waals surface area contributed by atoms with Crippen molar-refractivity contribution in [3.05, 3.63) is 34.6 Å². The van der Waals surface area contributed by atoms with Crippen LogP contribution < -0.4 is 5.32 Å². The van der Waals surface area contributed by atoms with Gasteiger partial charge >= 0.3 is 0 Å². The third-order valence-electron chi connectivity index (χ3n) is 2.18. The van der Waals surface area contributed by atoms with Crippen molar-refractivity contribution in [3.8, 4) is 0 Å². The molecule has 0 amide bonds. The van der Waals surface area contributed by atoms with Gasteiger partial charge in [-0.2, -0.15) is 11.8 Å². The SMILES string of the molecule is CCSCC(NC)c1ccc(Cl)cc1F. The zero-order valence-electron chi connectivity index (χ0n) is 8.89. The van der Waals surface area contributed by atoms with Gasteiger partial charge in [0.15, 0.2) is 0 Å². The molecule has 0 saturated carbocycles. The van der Waals surface area contributed by atoms with Crippen LogP contribution in [0.5, 0.6) is 0 Å². The average molecular weight is 248 g/mol. The molecule has 84 valence electrons. The number of halogens is 2. The summed E-state index contributed by atoms with van der Waals surface area (Å²) >= 11 is 7.49. The van der Waals surface area contributed by atoms with Crippen molar-refractivity contribution in [2.75, 3.05) is 18.6 Å². The number of thioether (sulfide) groups is 1. The van der Waals surface area contributed by atoms with Gasteiger partial charge in [-0.15, -0.1) is 0 Å². The Balaban J connectivity index is 2.81. The van der Waals surface area contributed by atoms with Crippen LogP contribution >= 0.6 is 23.4 Å². The molecule has 0 aliphatic heterocycles. The highest BCUT2D eigenvalue weighted by atomic mass is 35.5. The number of nitrogens with one attached hydrogen (secondary N) is 1. The van der Waals surface area contributed by atoms with Crippen LogP contribution in [0, 0.1) is 5.82 Å². The summed E-state index contributed by atoms with van der Waals surface area (Å²) in [5, 5.41) is 3.55. The lowest BCUT2D eigenvalue weighted by atomic mass is 10.1. The normalized spacial score (nSPS) is 12.8. The molecule has 0 bridgehead atoms. The van der Waals surface area contributed by atoms with Gasteiger partial charge in [-0.3, -0.25) is 0 Å². The molecule has 4 heteroatoms. The molecule has 0 aromatic heterocycles. The second-order valence-corrected chi connectivity index (χ2v) is 4.92. The van der Waals surface area contributed by atoms with E-state index in [1.807, 2.05) is 7.05 Å². The number of benzene rings is 1. The van der Waals surface area contributed by atoms with Crippen LogP contribution in [0.15, 0.2) is 18.2 Å². The predicted octanol–water partition coefficient (Wildman–Crippen LogP) is 3.49. The summed E-state index contributed by atoms with van der Waals surface area (Å²) in [6.07, 6.45) is 0. The van der Waals surface area contributed by atoms with Crippen molar-refractivity contribution in [2.24, 2.45) is 0 Å². The van der Waals surface area contributed by atoms with Crippen molar-refractivity contribution in [2.45, 2.75) is 13.0 Å². The quantitative estimate of drug-likeness (QED) is 0.855. The van der Waals surface area contributed by atoms with Crippen LogP contribution in [-0.4, -0.2) is 18.6 Å². The van der Waals surface area contributed by atoms with Gasteiger partial charge in [0, 0.05) is 22.4 Å². The topological polar surface area (TPSA) is 12.0 Å². The van der Waals surface area contributed by atoms with Crippen LogP contribution in [0.3, 0.4) is 0 Å². The van der Waals surface area contributed by atoms with E-state index in [1.54, 1.807) is 23.9 Å². The molecule has 0 radical (unpaired) electrons. The highest BCUT2D eigenvalue weighted by molar-refractivity contribution is 7.99. The summed E-state index contributed by atoms with van der Waals surface area (Å²) in [5.41, 5.74) is 0.683. The summed E-state index contributed by atoms with van der Waals surface area (Å²) < 4.78 is 13.6. The van der Waals surface area contributed by atoms with Gasteiger partial charge in [0.25, 0.3) is 0 Å². The molecule has 0 heterocycles. The van der Waals surface area contributed by atoms with E-state index in [2.05, 4.69) is 12.2 Å². The van der Waals surface area contributed by atoms with E-state index in [1.165, 1.54) is 6.07 Å². The third-order valence-corrected chi connectivity index (χ3v) is 3.39. The monoisotopic (exact) mass is 247 g/mol. The van der Waals surface area contributed by atoms with Crippen LogP contribution in [0.25, 0.3) is 0 Å². The number of rotatable bonds is 5. The minimum Gasteiger partial charge on any atom is -0.312 e. The number of hydrogen-bond donors (Lipinski definition) is 1. The molecule has 0 aliphatic carbocycles. The predicted molar refractivity (Wildman–Crippen MR) is 66.2 cm³/mol. The Labute approximate surface area is 99.4 Å². The van der Waals surface area contributed by atoms with Crippen LogP contribution in [0.1, 0.15) is 18.5 Å². The highest BCUT2D eigenvalue weighted by Crippen LogP contribution is 2.23. The second kappa shape index (κ2) is 6.36. The lowest BCUT2D eigenvalue weighted by Gasteiger charge is -2.16. The molecular formula is C11H15ClFNS. The summed E-state index contributed by atoms with van der Waals surface area (Å²) in [6, 6.07) is 4.88. The fourth-order valence-electron chi connectivity index (χ4n) is 1.35. The molecule has 1 N–H and O–H groups in total. The van der Waals surface area contributed by atoms with Gasteiger partial charge in [-0.05, 0) is 24.9 Å². The molecule has 1 unspecified atom stereocenters. The summed E-state index contributed by atoms with van der Waals surface area (Å²) in [5.74, 6) is 1.66. The zero-order valence-corrected chi connectivity index (χ0v) is 10.5. The minimum absolute atomic E-state index is 0.0483. The van der Waals surface area contributed by atoms with E-state index in [4.69, 9.17) is 11.6 Å². The van der Waals surface area contributed by atoms with Gasteiger partial charge in [-0.25, -0.2) is 4.39 Å². The maximum Gasteiger partial charge on any atom is 0.129 e. The molecule has 0 spiro atoms. The maximum absolute atomic E-state index is 13.6. The third kappa shape index (κ3) is 3.67. The molecular weight excluding hydrogens is 233 g/mol. The Morgan fingerprint density at radius 2 is 2.27 bits per heavy atom. The van der Waals surface area contributed by atoms with Crippen molar-refractivity contribution >= 4 is 23.4 Å².